The maximum atomic E-state index is 5.88. The normalized spacial score (nSPS) is 11.2. The molecule has 0 fully saturated rings. The van der Waals surface area contributed by atoms with Gasteiger partial charge in [-0.05, 0) is 49.9 Å². The Morgan fingerprint density at radius 2 is 1.03 bits per heavy atom. The zero-order valence-corrected chi connectivity index (χ0v) is 18.4. The van der Waals surface area contributed by atoms with Crippen LogP contribution in [-0.4, -0.2) is 41.4 Å². The Morgan fingerprint density at radius 3 is 1.43 bits per heavy atom. The molecule has 0 saturated heterocycles. The molecule has 1 aromatic carbocycles. The van der Waals surface area contributed by atoms with Gasteiger partial charge in [-0.15, -0.1) is 0 Å². The topological polar surface area (TPSA) is 128 Å². The van der Waals surface area contributed by atoms with Gasteiger partial charge in [0.1, 0.15) is 0 Å². The first-order chi connectivity index (χ1) is 14.5. The molecule has 0 radical (unpaired) electrons. The van der Waals surface area contributed by atoms with Crippen molar-refractivity contribution in [2.75, 3.05) is 37.9 Å². The van der Waals surface area contributed by atoms with Crippen LogP contribution in [0.5, 0.6) is 0 Å². The van der Waals surface area contributed by atoms with E-state index in [1.807, 2.05) is 27.7 Å². The van der Waals surface area contributed by atoms with Gasteiger partial charge in [0.15, 0.2) is 5.82 Å². The van der Waals surface area contributed by atoms with Crippen LogP contribution in [0.2, 0.25) is 0 Å². The molecule has 166 valence electrons. The Kier molecular flexibility index (Phi) is 9.88. The number of nitrogens with two attached hydrogens (primary N) is 2. The molecule has 0 unspecified atom stereocenters. The van der Waals surface area contributed by atoms with Gasteiger partial charge in [-0.2, -0.15) is 15.0 Å². The molecular formula is C21H33N5O4. The van der Waals surface area contributed by atoms with Crippen LogP contribution in [0.15, 0.2) is 6.07 Å². The van der Waals surface area contributed by atoms with E-state index in [9.17, 15) is 0 Å². The van der Waals surface area contributed by atoms with Crippen LogP contribution in [-0.2, 0) is 45.4 Å². The Balaban J connectivity index is 2.79. The Bertz CT molecular complexity index is 758. The fourth-order valence-corrected chi connectivity index (χ4v) is 3.10. The van der Waals surface area contributed by atoms with E-state index in [1.165, 1.54) is 0 Å². The highest BCUT2D eigenvalue weighted by atomic mass is 16.5. The minimum absolute atomic E-state index is 0.0591. The summed E-state index contributed by atoms with van der Waals surface area (Å²) in [6.07, 6.45) is 0. The molecule has 0 amide bonds. The lowest BCUT2D eigenvalue weighted by atomic mass is 9.91. The molecule has 0 aliphatic rings. The maximum absolute atomic E-state index is 5.88. The molecular weight excluding hydrogens is 386 g/mol. The van der Waals surface area contributed by atoms with E-state index in [0.717, 1.165) is 27.8 Å². The summed E-state index contributed by atoms with van der Waals surface area (Å²) in [6.45, 7) is 11.7. The highest BCUT2D eigenvalue weighted by molar-refractivity contribution is 5.70. The van der Waals surface area contributed by atoms with Gasteiger partial charge in [-0.25, -0.2) is 0 Å². The van der Waals surface area contributed by atoms with Crippen molar-refractivity contribution in [2.24, 2.45) is 0 Å². The summed E-state index contributed by atoms with van der Waals surface area (Å²) in [5.74, 6) is 0.507. The summed E-state index contributed by atoms with van der Waals surface area (Å²) < 4.78 is 23.0. The van der Waals surface area contributed by atoms with Crippen LogP contribution in [0.25, 0.3) is 11.4 Å². The molecule has 0 bridgehead atoms. The molecule has 9 nitrogen and oxygen atoms in total. The summed E-state index contributed by atoms with van der Waals surface area (Å²) in [4.78, 5) is 12.6. The Hall–Kier alpha value is -2.33. The van der Waals surface area contributed by atoms with Crippen LogP contribution in [0, 0.1) is 0 Å². The second-order valence-corrected chi connectivity index (χ2v) is 6.45. The van der Waals surface area contributed by atoms with Crippen LogP contribution < -0.4 is 11.5 Å². The quantitative estimate of drug-likeness (QED) is 0.503. The fourth-order valence-electron chi connectivity index (χ4n) is 3.10. The summed E-state index contributed by atoms with van der Waals surface area (Å²) in [5.41, 5.74) is 16.3. The van der Waals surface area contributed by atoms with Gasteiger partial charge < -0.3 is 30.4 Å². The molecule has 0 aliphatic heterocycles. The van der Waals surface area contributed by atoms with Gasteiger partial charge in [-0.3, -0.25) is 0 Å². The number of nitrogen functional groups attached to an aromatic ring is 2. The largest absolute Gasteiger partial charge is 0.377 e. The predicted molar refractivity (Wildman–Crippen MR) is 115 cm³/mol. The molecule has 9 heteroatoms. The third-order valence-electron chi connectivity index (χ3n) is 4.45. The summed E-state index contributed by atoms with van der Waals surface area (Å²) in [6, 6.07) is 2.09. The minimum Gasteiger partial charge on any atom is -0.377 e. The number of aromatic nitrogens is 3. The molecule has 1 heterocycles. The van der Waals surface area contributed by atoms with Gasteiger partial charge in [0.25, 0.3) is 0 Å². The lowest BCUT2D eigenvalue weighted by Crippen LogP contribution is -2.13. The van der Waals surface area contributed by atoms with E-state index in [2.05, 4.69) is 21.0 Å². The Morgan fingerprint density at radius 1 is 0.633 bits per heavy atom. The molecule has 0 atom stereocenters. The van der Waals surface area contributed by atoms with Crippen molar-refractivity contribution in [3.8, 4) is 11.4 Å². The number of hydrogen-bond acceptors (Lipinski definition) is 9. The molecule has 0 aliphatic carbocycles. The monoisotopic (exact) mass is 419 g/mol. The standard InChI is InChI=1S/C21H33N5O4/c1-5-27-10-14-9-15(11-28-6-2)17(13-30-8-4)18(16(14)12-29-7-3)19-24-20(22)26-21(23)25-19/h9H,5-8,10-13H2,1-4H3,(H4,22,23,24,25,26). The van der Waals surface area contributed by atoms with Crippen molar-refractivity contribution in [3.63, 3.8) is 0 Å². The second kappa shape index (κ2) is 12.4. The fraction of sp³-hybridized carbons (Fsp3) is 0.571. The molecule has 2 rings (SSSR count). The third-order valence-corrected chi connectivity index (χ3v) is 4.45. The van der Waals surface area contributed by atoms with Crippen molar-refractivity contribution in [2.45, 2.75) is 54.1 Å². The van der Waals surface area contributed by atoms with Crippen molar-refractivity contribution in [1.29, 1.82) is 0 Å². The van der Waals surface area contributed by atoms with E-state index in [0.29, 0.717) is 58.7 Å². The lowest BCUT2D eigenvalue weighted by Gasteiger charge is -2.22. The van der Waals surface area contributed by atoms with Gasteiger partial charge in [0.2, 0.25) is 11.9 Å². The number of anilines is 2. The van der Waals surface area contributed by atoms with E-state index in [1.54, 1.807) is 0 Å². The molecule has 0 saturated carbocycles. The average molecular weight is 420 g/mol. The minimum atomic E-state index is 0.0591. The van der Waals surface area contributed by atoms with Crippen LogP contribution >= 0.6 is 0 Å². The SMILES string of the molecule is CCOCc1cc(COCC)c(COCC)c(-c2nc(N)nc(N)n2)c1COCC. The van der Waals surface area contributed by atoms with E-state index in [4.69, 9.17) is 30.4 Å². The number of rotatable bonds is 13. The molecule has 30 heavy (non-hydrogen) atoms. The van der Waals surface area contributed by atoms with Crippen LogP contribution in [0.3, 0.4) is 0 Å². The van der Waals surface area contributed by atoms with Gasteiger partial charge >= 0.3 is 0 Å². The molecule has 1 aromatic heterocycles. The van der Waals surface area contributed by atoms with Crippen molar-refractivity contribution < 1.29 is 18.9 Å². The van der Waals surface area contributed by atoms with Crippen LogP contribution in [0.4, 0.5) is 11.9 Å². The molecule has 2 aromatic rings. The summed E-state index contributed by atoms with van der Waals surface area (Å²) in [5, 5.41) is 0. The highest BCUT2D eigenvalue weighted by Crippen LogP contribution is 2.34. The van der Waals surface area contributed by atoms with Gasteiger partial charge in [-0.1, -0.05) is 6.07 Å². The zero-order valence-electron chi connectivity index (χ0n) is 18.4. The van der Waals surface area contributed by atoms with Gasteiger partial charge in [0, 0.05) is 32.0 Å². The first-order valence-corrected chi connectivity index (χ1v) is 10.3. The number of hydrogen-bond donors (Lipinski definition) is 2. The first-order valence-electron chi connectivity index (χ1n) is 10.3. The average Bonchev–Trinajstić information content (AvgIpc) is 2.72. The molecule has 4 N–H and O–H groups in total. The number of ether oxygens (including phenoxy) is 4. The first kappa shape index (κ1) is 23.9. The summed E-state index contributed by atoms with van der Waals surface area (Å²) in [7, 11) is 0. The Labute approximate surface area is 178 Å². The lowest BCUT2D eigenvalue weighted by molar-refractivity contribution is 0.114. The van der Waals surface area contributed by atoms with Crippen LogP contribution in [0.1, 0.15) is 49.9 Å². The van der Waals surface area contributed by atoms with Crippen molar-refractivity contribution in [3.05, 3.63) is 28.3 Å². The third kappa shape index (κ3) is 6.33. The zero-order chi connectivity index (χ0) is 21.9. The highest BCUT2D eigenvalue weighted by Gasteiger charge is 2.23. The smallest absolute Gasteiger partial charge is 0.225 e. The van der Waals surface area contributed by atoms with E-state index in [-0.39, 0.29) is 11.9 Å². The maximum Gasteiger partial charge on any atom is 0.225 e. The van der Waals surface area contributed by atoms with E-state index >= 15 is 0 Å². The van der Waals surface area contributed by atoms with Gasteiger partial charge in [0.05, 0.1) is 26.4 Å². The second-order valence-electron chi connectivity index (χ2n) is 6.45. The number of nitrogens with zero attached hydrogens (tertiary/aromatic N) is 3. The molecule has 0 spiro atoms. The van der Waals surface area contributed by atoms with Crippen molar-refractivity contribution >= 4 is 11.9 Å². The summed E-state index contributed by atoms with van der Waals surface area (Å²) >= 11 is 0. The van der Waals surface area contributed by atoms with Crippen molar-refractivity contribution in [1.82, 2.24) is 15.0 Å². The van der Waals surface area contributed by atoms with E-state index < -0.39 is 0 Å². The number of benzene rings is 1. The predicted octanol–water partition coefficient (Wildman–Crippen LogP) is 2.85.